The number of fused-ring (bicyclic) bond motifs is 1. The van der Waals surface area contributed by atoms with Crippen molar-refractivity contribution in [3.8, 4) is 0 Å². The summed E-state index contributed by atoms with van der Waals surface area (Å²) in [6, 6.07) is 0. The Kier molecular flexibility index (Phi) is 2.60. The minimum absolute atomic E-state index is 0.0402. The van der Waals surface area contributed by atoms with Gasteiger partial charge in [0, 0.05) is 5.92 Å². The maximum absolute atomic E-state index is 11.7. The van der Waals surface area contributed by atoms with E-state index in [-0.39, 0.29) is 17.3 Å². The highest BCUT2D eigenvalue weighted by Crippen LogP contribution is 2.46. The zero-order valence-corrected chi connectivity index (χ0v) is 9.59. The summed E-state index contributed by atoms with van der Waals surface area (Å²) < 4.78 is 28.4. The summed E-state index contributed by atoms with van der Waals surface area (Å²) in [5.74, 6) is 0.868. The Bertz CT molecular complexity index is 309. The van der Waals surface area contributed by atoms with Gasteiger partial charge in [0.2, 0.25) is 0 Å². The van der Waals surface area contributed by atoms with E-state index in [4.69, 9.17) is 4.18 Å². The first-order chi connectivity index (χ1) is 6.58. The molecule has 1 aliphatic carbocycles. The fourth-order valence-electron chi connectivity index (χ4n) is 2.88. The van der Waals surface area contributed by atoms with Crippen LogP contribution >= 0.6 is 0 Å². The van der Waals surface area contributed by atoms with Crippen LogP contribution in [0.2, 0.25) is 0 Å². The average Bonchev–Trinajstić information content (AvgIpc) is 2.66. The van der Waals surface area contributed by atoms with Crippen molar-refractivity contribution in [2.24, 2.45) is 11.8 Å². The maximum atomic E-state index is 11.7. The standard InChI is InChI=1S/C10H18O3S/c1-3-7-5-8-9(4-2)13-14(11,12)10(8)6-7/h7-10H,3-6H2,1-2H3. The van der Waals surface area contributed by atoms with E-state index in [2.05, 4.69) is 6.92 Å². The zero-order valence-electron chi connectivity index (χ0n) is 8.77. The quantitative estimate of drug-likeness (QED) is 0.665. The highest BCUT2D eigenvalue weighted by atomic mass is 32.2. The van der Waals surface area contributed by atoms with Gasteiger partial charge in [-0.2, -0.15) is 8.42 Å². The predicted octanol–water partition coefficient (Wildman–Crippen LogP) is 1.93. The SMILES string of the molecule is CCC1CC2C(CC)OS(=O)(=O)C2C1. The van der Waals surface area contributed by atoms with Crippen LogP contribution in [0.3, 0.4) is 0 Å². The van der Waals surface area contributed by atoms with E-state index < -0.39 is 10.1 Å². The van der Waals surface area contributed by atoms with Gasteiger partial charge in [0.15, 0.2) is 0 Å². The van der Waals surface area contributed by atoms with Crippen LogP contribution in [0.25, 0.3) is 0 Å². The molecule has 0 radical (unpaired) electrons. The second kappa shape index (κ2) is 3.49. The molecule has 1 saturated carbocycles. The summed E-state index contributed by atoms with van der Waals surface area (Å²) >= 11 is 0. The monoisotopic (exact) mass is 218 g/mol. The highest BCUT2D eigenvalue weighted by molar-refractivity contribution is 7.87. The average molecular weight is 218 g/mol. The van der Waals surface area contributed by atoms with Gasteiger partial charge in [-0.05, 0) is 25.2 Å². The van der Waals surface area contributed by atoms with E-state index in [0.717, 1.165) is 25.7 Å². The van der Waals surface area contributed by atoms with Crippen LogP contribution in [-0.2, 0) is 14.3 Å². The van der Waals surface area contributed by atoms with Gasteiger partial charge in [-0.25, -0.2) is 0 Å². The summed E-state index contributed by atoms with van der Waals surface area (Å²) in [4.78, 5) is 0. The van der Waals surface area contributed by atoms with Gasteiger partial charge < -0.3 is 0 Å². The number of hydrogen-bond acceptors (Lipinski definition) is 3. The molecule has 0 aromatic rings. The van der Waals surface area contributed by atoms with E-state index in [1.807, 2.05) is 6.92 Å². The van der Waals surface area contributed by atoms with Crippen molar-refractivity contribution in [2.75, 3.05) is 0 Å². The first-order valence-corrected chi connectivity index (χ1v) is 6.97. The molecule has 1 saturated heterocycles. The van der Waals surface area contributed by atoms with Crippen molar-refractivity contribution in [1.29, 1.82) is 0 Å². The molecule has 2 aliphatic rings. The van der Waals surface area contributed by atoms with Crippen LogP contribution in [0.1, 0.15) is 39.5 Å². The Labute approximate surface area is 86.0 Å². The predicted molar refractivity (Wildman–Crippen MR) is 54.4 cm³/mol. The molecule has 0 aromatic heterocycles. The van der Waals surface area contributed by atoms with Gasteiger partial charge in [-0.1, -0.05) is 20.3 Å². The molecule has 0 bridgehead atoms. The molecule has 82 valence electrons. The molecule has 0 spiro atoms. The molecule has 4 unspecified atom stereocenters. The molecule has 4 heteroatoms. The third-order valence-corrected chi connectivity index (χ3v) is 5.53. The molecule has 0 amide bonds. The molecule has 1 aliphatic heterocycles. The van der Waals surface area contributed by atoms with Crippen LogP contribution < -0.4 is 0 Å². The van der Waals surface area contributed by atoms with E-state index in [9.17, 15) is 8.42 Å². The second-order valence-corrected chi connectivity index (χ2v) is 6.27. The summed E-state index contributed by atoms with van der Waals surface area (Å²) in [7, 11) is -3.23. The Hall–Kier alpha value is -0.0900. The summed E-state index contributed by atoms with van der Waals surface area (Å²) in [6.07, 6.45) is 3.73. The van der Waals surface area contributed by atoms with Crippen LogP contribution in [-0.4, -0.2) is 19.8 Å². The molecule has 2 fully saturated rings. The second-order valence-electron chi connectivity index (χ2n) is 4.48. The molecule has 2 rings (SSSR count). The molecule has 14 heavy (non-hydrogen) atoms. The summed E-state index contributed by atoms with van der Waals surface area (Å²) in [5.41, 5.74) is 0. The maximum Gasteiger partial charge on any atom is 0.270 e. The molecular formula is C10H18O3S. The van der Waals surface area contributed by atoms with Gasteiger partial charge in [0.05, 0.1) is 11.4 Å². The Morgan fingerprint density at radius 1 is 1.21 bits per heavy atom. The van der Waals surface area contributed by atoms with Crippen molar-refractivity contribution >= 4 is 10.1 Å². The van der Waals surface area contributed by atoms with Crippen LogP contribution in [0.5, 0.6) is 0 Å². The molecule has 4 atom stereocenters. The van der Waals surface area contributed by atoms with Crippen LogP contribution in [0.4, 0.5) is 0 Å². The minimum atomic E-state index is -3.23. The zero-order chi connectivity index (χ0) is 10.3. The number of hydrogen-bond donors (Lipinski definition) is 0. The minimum Gasteiger partial charge on any atom is -0.266 e. The van der Waals surface area contributed by atoms with Gasteiger partial charge in [-0.15, -0.1) is 0 Å². The van der Waals surface area contributed by atoms with Crippen molar-refractivity contribution in [3.63, 3.8) is 0 Å². The van der Waals surface area contributed by atoms with Crippen molar-refractivity contribution in [2.45, 2.75) is 50.9 Å². The lowest BCUT2D eigenvalue weighted by molar-refractivity contribution is 0.175. The lowest BCUT2D eigenvalue weighted by Gasteiger charge is -2.13. The largest absolute Gasteiger partial charge is 0.270 e. The molecular weight excluding hydrogens is 200 g/mol. The Morgan fingerprint density at radius 3 is 2.50 bits per heavy atom. The number of rotatable bonds is 2. The molecule has 0 N–H and O–H groups in total. The third kappa shape index (κ3) is 1.48. The fourth-order valence-corrected chi connectivity index (χ4v) is 4.87. The van der Waals surface area contributed by atoms with Crippen LogP contribution in [0, 0.1) is 11.8 Å². The van der Waals surface area contributed by atoms with Crippen LogP contribution in [0.15, 0.2) is 0 Å². The van der Waals surface area contributed by atoms with Crippen molar-refractivity contribution in [1.82, 2.24) is 0 Å². The van der Waals surface area contributed by atoms with Crippen molar-refractivity contribution in [3.05, 3.63) is 0 Å². The topological polar surface area (TPSA) is 43.4 Å². The highest BCUT2D eigenvalue weighted by Gasteiger charge is 2.52. The van der Waals surface area contributed by atoms with Gasteiger partial charge in [0.1, 0.15) is 0 Å². The Morgan fingerprint density at radius 2 is 1.93 bits per heavy atom. The molecule has 3 nitrogen and oxygen atoms in total. The summed E-state index contributed by atoms with van der Waals surface area (Å²) in [5, 5.41) is -0.197. The lowest BCUT2D eigenvalue weighted by Crippen LogP contribution is -2.18. The smallest absolute Gasteiger partial charge is 0.266 e. The van der Waals surface area contributed by atoms with Gasteiger partial charge in [-0.3, -0.25) is 4.18 Å². The Balaban J connectivity index is 2.21. The van der Waals surface area contributed by atoms with E-state index in [1.165, 1.54) is 0 Å². The fraction of sp³-hybridized carbons (Fsp3) is 1.00. The third-order valence-electron chi connectivity index (χ3n) is 3.73. The van der Waals surface area contributed by atoms with Gasteiger partial charge >= 0.3 is 0 Å². The van der Waals surface area contributed by atoms with E-state index in [0.29, 0.717) is 5.92 Å². The summed E-state index contributed by atoms with van der Waals surface area (Å²) in [6.45, 7) is 4.14. The molecule has 1 heterocycles. The first kappa shape index (κ1) is 10.4. The lowest BCUT2D eigenvalue weighted by atomic mass is 9.96. The van der Waals surface area contributed by atoms with E-state index >= 15 is 0 Å². The van der Waals surface area contributed by atoms with E-state index in [1.54, 1.807) is 0 Å². The first-order valence-electron chi connectivity index (χ1n) is 5.50. The van der Waals surface area contributed by atoms with Crippen molar-refractivity contribution < 1.29 is 12.6 Å². The normalized spacial score (nSPS) is 45.3. The molecule has 0 aromatic carbocycles. The van der Waals surface area contributed by atoms with Gasteiger partial charge in [0.25, 0.3) is 10.1 Å².